The molecule has 0 atom stereocenters. The van der Waals surface area contributed by atoms with Crippen LogP contribution in [0.1, 0.15) is 21.6 Å². The maximum atomic E-state index is 12.9. The second kappa shape index (κ2) is 9.90. The molecular formula is C22H18F3N3O5. The average Bonchev–Trinajstić information content (AvgIpc) is 2.78. The van der Waals surface area contributed by atoms with E-state index in [1.54, 1.807) is 24.3 Å². The molecule has 3 N–H and O–H groups in total. The highest BCUT2D eigenvalue weighted by molar-refractivity contribution is 5.91. The topological polar surface area (TPSA) is 110 Å². The quantitative estimate of drug-likeness (QED) is 0.461. The average molecular weight is 461 g/mol. The van der Waals surface area contributed by atoms with E-state index in [4.69, 9.17) is 14.6 Å². The van der Waals surface area contributed by atoms with Crippen LogP contribution in [0.4, 0.5) is 23.7 Å². The van der Waals surface area contributed by atoms with E-state index >= 15 is 0 Å². The maximum Gasteiger partial charge on any atom is 0.416 e. The standard InChI is InChI=1S/C22H18F3N3O5/c1-32-19-7-4-14(22(23,24)25)10-17(19)28-21(31)27-12-13-2-5-15(6-3-13)33-16-8-9-26-18(11-16)20(29)30/h2-11H,12H2,1H3,(H,29,30)(H2,27,28,31). The van der Waals surface area contributed by atoms with Gasteiger partial charge in [-0.1, -0.05) is 12.1 Å². The number of alkyl halides is 3. The van der Waals surface area contributed by atoms with E-state index in [2.05, 4.69) is 15.6 Å². The fourth-order valence-corrected chi connectivity index (χ4v) is 2.73. The van der Waals surface area contributed by atoms with Crippen LogP contribution < -0.4 is 20.1 Å². The first-order chi connectivity index (χ1) is 15.7. The van der Waals surface area contributed by atoms with E-state index in [9.17, 15) is 22.8 Å². The number of ether oxygens (including phenoxy) is 2. The van der Waals surface area contributed by atoms with Crippen LogP contribution in [0.3, 0.4) is 0 Å². The summed E-state index contributed by atoms with van der Waals surface area (Å²) in [4.78, 5) is 26.9. The zero-order chi connectivity index (χ0) is 24.0. The number of carboxylic acids is 1. The summed E-state index contributed by atoms with van der Waals surface area (Å²) < 4.78 is 49.4. The number of aromatic carboxylic acids is 1. The van der Waals surface area contributed by atoms with Crippen LogP contribution in [0.2, 0.25) is 0 Å². The van der Waals surface area contributed by atoms with Crippen molar-refractivity contribution in [1.82, 2.24) is 10.3 Å². The molecule has 0 saturated heterocycles. The monoisotopic (exact) mass is 461 g/mol. The van der Waals surface area contributed by atoms with Crippen molar-refractivity contribution in [2.24, 2.45) is 0 Å². The van der Waals surface area contributed by atoms with Crippen LogP contribution in [0.15, 0.2) is 60.8 Å². The zero-order valence-corrected chi connectivity index (χ0v) is 17.1. The minimum Gasteiger partial charge on any atom is -0.495 e. The van der Waals surface area contributed by atoms with Gasteiger partial charge in [0.2, 0.25) is 0 Å². The Morgan fingerprint density at radius 1 is 1.03 bits per heavy atom. The lowest BCUT2D eigenvalue weighted by atomic mass is 10.2. The number of methoxy groups -OCH3 is 1. The number of carbonyl (C=O) groups excluding carboxylic acids is 1. The number of pyridine rings is 1. The number of halogens is 3. The molecule has 0 bridgehead atoms. The number of carboxylic acid groups (broad SMARTS) is 1. The van der Waals surface area contributed by atoms with Crippen molar-refractivity contribution in [2.45, 2.75) is 12.7 Å². The SMILES string of the molecule is COc1ccc(C(F)(F)F)cc1NC(=O)NCc1ccc(Oc2ccnc(C(=O)O)c2)cc1. The van der Waals surface area contributed by atoms with E-state index in [1.807, 2.05) is 0 Å². The smallest absolute Gasteiger partial charge is 0.416 e. The fraction of sp³-hybridized carbons (Fsp3) is 0.136. The molecule has 0 fully saturated rings. The molecule has 1 aromatic heterocycles. The van der Waals surface area contributed by atoms with Crippen LogP contribution in [0, 0.1) is 0 Å². The predicted octanol–water partition coefficient (Wildman–Crippen LogP) is 4.92. The van der Waals surface area contributed by atoms with Crippen molar-refractivity contribution in [3.63, 3.8) is 0 Å². The molecule has 172 valence electrons. The summed E-state index contributed by atoms with van der Waals surface area (Å²) in [5.41, 5.74) is -0.503. The number of amides is 2. The number of urea groups is 1. The van der Waals surface area contributed by atoms with E-state index in [-0.39, 0.29) is 23.7 Å². The van der Waals surface area contributed by atoms with Crippen molar-refractivity contribution < 1.29 is 37.3 Å². The fourth-order valence-electron chi connectivity index (χ4n) is 2.73. The molecule has 2 amide bonds. The minimum absolute atomic E-state index is 0.0850. The van der Waals surface area contributed by atoms with Gasteiger partial charge in [0.05, 0.1) is 18.4 Å². The van der Waals surface area contributed by atoms with E-state index in [0.717, 1.165) is 18.2 Å². The summed E-state index contributed by atoms with van der Waals surface area (Å²) in [7, 11) is 1.28. The zero-order valence-electron chi connectivity index (χ0n) is 17.1. The van der Waals surface area contributed by atoms with E-state index < -0.39 is 23.7 Å². The Kier molecular flexibility index (Phi) is 7.01. The number of carbonyl (C=O) groups is 2. The van der Waals surface area contributed by atoms with Crippen molar-refractivity contribution >= 4 is 17.7 Å². The first kappa shape index (κ1) is 23.4. The number of benzene rings is 2. The Morgan fingerprint density at radius 3 is 2.39 bits per heavy atom. The largest absolute Gasteiger partial charge is 0.495 e. The van der Waals surface area contributed by atoms with Crippen LogP contribution in [0.25, 0.3) is 0 Å². The molecule has 2 aromatic carbocycles. The molecule has 0 saturated carbocycles. The molecule has 0 aliphatic carbocycles. The summed E-state index contributed by atoms with van der Waals surface area (Å²) in [6.45, 7) is 0.0891. The first-order valence-corrected chi connectivity index (χ1v) is 9.42. The van der Waals surface area contributed by atoms with E-state index in [1.165, 1.54) is 25.4 Å². The number of aromatic nitrogens is 1. The molecule has 3 aromatic rings. The number of anilines is 1. The lowest BCUT2D eigenvalue weighted by Gasteiger charge is -2.14. The number of rotatable bonds is 7. The first-order valence-electron chi connectivity index (χ1n) is 9.42. The minimum atomic E-state index is -4.56. The van der Waals surface area contributed by atoms with Gasteiger partial charge in [0, 0.05) is 18.8 Å². The van der Waals surface area contributed by atoms with Crippen molar-refractivity contribution in [2.75, 3.05) is 12.4 Å². The third-order valence-electron chi connectivity index (χ3n) is 4.34. The van der Waals surface area contributed by atoms with Gasteiger partial charge >= 0.3 is 18.2 Å². The van der Waals surface area contributed by atoms with E-state index in [0.29, 0.717) is 17.1 Å². The normalized spacial score (nSPS) is 10.9. The summed E-state index contributed by atoms with van der Waals surface area (Å²) in [6, 6.07) is 11.4. The number of nitrogens with zero attached hydrogens (tertiary/aromatic N) is 1. The summed E-state index contributed by atoms with van der Waals surface area (Å²) in [5.74, 6) is -0.369. The molecule has 11 heteroatoms. The van der Waals surface area contributed by atoms with Crippen LogP contribution >= 0.6 is 0 Å². The molecule has 3 rings (SSSR count). The Labute approximate surface area is 186 Å². The second-order valence-electron chi connectivity index (χ2n) is 6.65. The van der Waals surface area contributed by atoms with Gasteiger partial charge in [0.15, 0.2) is 5.69 Å². The molecule has 8 nitrogen and oxygen atoms in total. The maximum absolute atomic E-state index is 12.9. The number of hydrogen-bond donors (Lipinski definition) is 3. The van der Waals surface area contributed by atoms with Crippen LogP contribution in [-0.4, -0.2) is 29.2 Å². The Balaban J connectivity index is 1.59. The molecule has 0 radical (unpaired) electrons. The highest BCUT2D eigenvalue weighted by atomic mass is 19.4. The van der Waals surface area contributed by atoms with Crippen LogP contribution in [-0.2, 0) is 12.7 Å². The van der Waals surface area contributed by atoms with Crippen LogP contribution in [0.5, 0.6) is 17.2 Å². The van der Waals surface area contributed by atoms with Crippen molar-refractivity contribution in [1.29, 1.82) is 0 Å². The van der Waals surface area contributed by atoms with Gasteiger partial charge in [-0.2, -0.15) is 13.2 Å². The Bertz CT molecular complexity index is 1150. The van der Waals surface area contributed by atoms with Gasteiger partial charge in [-0.3, -0.25) is 0 Å². The lowest BCUT2D eigenvalue weighted by Crippen LogP contribution is -2.28. The van der Waals surface area contributed by atoms with Crippen molar-refractivity contribution in [3.05, 3.63) is 77.6 Å². The molecule has 0 aliphatic rings. The van der Waals surface area contributed by atoms with Gasteiger partial charge in [-0.15, -0.1) is 0 Å². The predicted molar refractivity (Wildman–Crippen MR) is 112 cm³/mol. The summed E-state index contributed by atoms with van der Waals surface area (Å²) in [5, 5.41) is 13.9. The van der Waals surface area contributed by atoms with Gasteiger partial charge in [-0.25, -0.2) is 14.6 Å². The molecule has 1 heterocycles. The number of nitrogens with one attached hydrogen (secondary N) is 2. The highest BCUT2D eigenvalue weighted by Crippen LogP contribution is 2.34. The Hall–Kier alpha value is -4.28. The third kappa shape index (κ3) is 6.35. The molecule has 0 spiro atoms. The highest BCUT2D eigenvalue weighted by Gasteiger charge is 2.31. The number of hydrogen-bond acceptors (Lipinski definition) is 5. The molecule has 0 unspecified atom stereocenters. The van der Waals surface area contributed by atoms with Gasteiger partial charge in [-0.05, 0) is 42.0 Å². The second-order valence-corrected chi connectivity index (χ2v) is 6.65. The molecule has 0 aliphatic heterocycles. The summed E-state index contributed by atoms with van der Waals surface area (Å²) in [6.07, 6.45) is -3.25. The Morgan fingerprint density at radius 2 is 1.76 bits per heavy atom. The van der Waals surface area contributed by atoms with Gasteiger partial charge < -0.3 is 25.2 Å². The third-order valence-corrected chi connectivity index (χ3v) is 4.34. The van der Waals surface area contributed by atoms with Gasteiger partial charge in [0.1, 0.15) is 17.2 Å². The van der Waals surface area contributed by atoms with Gasteiger partial charge in [0.25, 0.3) is 0 Å². The molecule has 33 heavy (non-hydrogen) atoms. The van der Waals surface area contributed by atoms with Crippen molar-refractivity contribution in [3.8, 4) is 17.2 Å². The molecular weight excluding hydrogens is 443 g/mol. The summed E-state index contributed by atoms with van der Waals surface area (Å²) >= 11 is 0. The lowest BCUT2D eigenvalue weighted by molar-refractivity contribution is -0.137.